The number of anilines is 1. The van der Waals surface area contributed by atoms with Crippen LogP contribution in [-0.4, -0.2) is 61.0 Å². The number of benzene rings is 2. The van der Waals surface area contributed by atoms with E-state index in [-0.39, 0.29) is 17.3 Å². The number of rotatable bonds is 7. The number of halogens is 3. The maximum absolute atomic E-state index is 14.5. The third-order valence-corrected chi connectivity index (χ3v) is 5.99. The number of oxime groups is 1. The molecule has 2 aliphatic heterocycles. The van der Waals surface area contributed by atoms with Crippen molar-refractivity contribution in [3.8, 4) is 0 Å². The Hall–Kier alpha value is -2.55. The van der Waals surface area contributed by atoms with Crippen molar-refractivity contribution in [1.82, 2.24) is 4.90 Å². The Labute approximate surface area is 190 Å². The zero-order valence-corrected chi connectivity index (χ0v) is 18.3. The smallest absolute Gasteiger partial charge is 0.147 e. The molecular formula is C23H25ClF2N4O2. The van der Waals surface area contributed by atoms with Crippen molar-refractivity contribution in [2.75, 3.05) is 44.7 Å². The maximum Gasteiger partial charge on any atom is 0.147 e. The second-order valence-corrected chi connectivity index (χ2v) is 8.27. The van der Waals surface area contributed by atoms with Crippen LogP contribution in [0.4, 0.5) is 14.5 Å². The van der Waals surface area contributed by atoms with Gasteiger partial charge in [-0.05, 0) is 41.8 Å². The molecule has 170 valence electrons. The molecule has 0 unspecified atom stereocenters. The molecular weight excluding hydrogens is 438 g/mol. The highest BCUT2D eigenvalue weighted by atomic mass is 35.5. The Balaban J connectivity index is 1.45. The first-order chi connectivity index (χ1) is 15.5. The zero-order chi connectivity index (χ0) is 22.5. The number of nitrogens with zero attached hydrogens (tertiary/aromatic N) is 3. The predicted molar refractivity (Wildman–Crippen MR) is 121 cm³/mol. The lowest BCUT2D eigenvalue weighted by Crippen LogP contribution is -2.37. The summed E-state index contributed by atoms with van der Waals surface area (Å²) in [6.07, 6.45) is 1.55. The van der Waals surface area contributed by atoms with E-state index in [1.165, 1.54) is 18.2 Å². The number of fused-ring (bicyclic) bond motifs is 1. The van der Waals surface area contributed by atoms with Crippen molar-refractivity contribution >= 4 is 28.8 Å². The fraction of sp³-hybridized carbons (Fsp3) is 0.391. The van der Waals surface area contributed by atoms with Crippen molar-refractivity contribution in [2.45, 2.75) is 19.3 Å². The molecule has 0 spiro atoms. The Morgan fingerprint density at radius 1 is 1.16 bits per heavy atom. The second-order valence-electron chi connectivity index (χ2n) is 7.86. The van der Waals surface area contributed by atoms with Crippen LogP contribution in [0.1, 0.15) is 23.1 Å². The summed E-state index contributed by atoms with van der Waals surface area (Å²) < 4.78 is 33.3. The topological polar surface area (TPSA) is 69.5 Å². The van der Waals surface area contributed by atoms with Gasteiger partial charge in [-0.3, -0.25) is 9.89 Å². The largest absolute Gasteiger partial charge is 0.411 e. The average molecular weight is 463 g/mol. The summed E-state index contributed by atoms with van der Waals surface area (Å²) in [7, 11) is 0. The van der Waals surface area contributed by atoms with Crippen molar-refractivity contribution in [3.63, 3.8) is 0 Å². The van der Waals surface area contributed by atoms with Gasteiger partial charge in [0.2, 0.25) is 0 Å². The van der Waals surface area contributed by atoms with E-state index in [9.17, 15) is 14.0 Å². The maximum atomic E-state index is 14.5. The van der Waals surface area contributed by atoms with Gasteiger partial charge >= 0.3 is 0 Å². The van der Waals surface area contributed by atoms with Gasteiger partial charge in [-0.2, -0.15) is 0 Å². The summed E-state index contributed by atoms with van der Waals surface area (Å²) in [5, 5.41) is 16.2. The van der Waals surface area contributed by atoms with Gasteiger partial charge in [0.05, 0.1) is 29.6 Å². The SMILES string of the molecule is O/N=C(\Cc1ccc(F)c(Cl)c1)c1ccc(F)c2c1CC(=NCCCN1CCOCC1)N2. The minimum absolute atomic E-state index is 0.00251. The monoisotopic (exact) mass is 462 g/mol. The highest BCUT2D eigenvalue weighted by Gasteiger charge is 2.25. The lowest BCUT2D eigenvalue weighted by Gasteiger charge is -2.26. The standard InChI is InChI=1S/C23H25ClF2N4O2/c24-18-12-15(2-4-19(18)25)13-21(29-31)16-3-5-20(26)23-17(16)14-22(28-23)27-6-1-7-30-8-10-32-11-9-30/h2-5,12,31H,1,6-11,13-14H2,(H,27,28)/b29-21+. The quantitative estimate of drug-likeness (QED) is 0.281. The number of amidine groups is 1. The van der Waals surface area contributed by atoms with E-state index in [4.69, 9.17) is 16.3 Å². The zero-order valence-electron chi connectivity index (χ0n) is 17.6. The lowest BCUT2D eigenvalue weighted by molar-refractivity contribution is 0.0377. The van der Waals surface area contributed by atoms with Crippen LogP contribution >= 0.6 is 11.6 Å². The van der Waals surface area contributed by atoms with Gasteiger partial charge in [0, 0.05) is 44.6 Å². The number of hydrogen-bond acceptors (Lipinski definition) is 5. The molecule has 0 radical (unpaired) electrons. The van der Waals surface area contributed by atoms with Gasteiger partial charge in [0.25, 0.3) is 0 Å². The first kappa shape index (κ1) is 22.6. The fourth-order valence-electron chi connectivity index (χ4n) is 4.02. The van der Waals surface area contributed by atoms with Crippen molar-refractivity contribution in [1.29, 1.82) is 0 Å². The number of nitrogens with one attached hydrogen (secondary N) is 1. The van der Waals surface area contributed by atoms with E-state index in [0.29, 0.717) is 46.9 Å². The lowest BCUT2D eigenvalue weighted by atomic mass is 9.96. The molecule has 9 heteroatoms. The first-order valence-corrected chi connectivity index (χ1v) is 11.0. The molecule has 1 saturated heterocycles. The van der Waals surface area contributed by atoms with Crippen LogP contribution in [0.5, 0.6) is 0 Å². The number of hydrogen-bond donors (Lipinski definition) is 2. The molecule has 0 atom stereocenters. The van der Waals surface area contributed by atoms with Crippen LogP contribution in [0.25, 0.3) is 0 Å². The third-order valence-electron chi connectivity index (χ3n) is 5.70. The molecule has 0 amide bonds. The molecule has 6 nitrogen and oxygen atoms in total. The van der Waals surface area contributed by atoms with E-state index < -0.39 is 5.82 Å². The van der Waals surface area contributed by atoms with Crippen LogP contribution in [0.3, 0.4) is 0 Å². The third kappa shape index (κ3) is 5.26. The minimum Gasteiger partial charge on any atom is -0.411 e. The molecule has 0 aliphatic carbocycles. The van der Waals surface area contributed by atoms with E-state index in [1.54, 1.807) is 12.1 Å². The molecule has 0 saturated carbocycles. The Bertz CT molecular complexity index is 1040. The van der Waals surface area contributed by atoms with E-state index in [1.807, 2.05) is 0 Å². The van der Waals surface area contributed by atoms with Gasteiger partial charge in [0.15, 0.2) is 0 Å². The second kappa shape index (κ2) is 10.4. The van der Waals surface area contributed by atoms with Crippen LogP contribution < -0.4 is 5.32 Å². The molecule has 2 N–H and O–H groups in total. The molecule has 2 aromatic carbocycles. The Morgan fingerprint density at radius 3 is 2.69 bits per heavy atom. The fourth-order valence-corrected chi connectivity index (χ4v) is 4.22. The molecule has 1 fully saturated rings. The minimum atomic E-state index is -0.515. The van der Waals surface area contributed by atoms with Crippen LogP contribution in [-0.2, 0) is 17.6 Å². The Morgan fingerprint density at radius 2 is 1.94 bits per heavy atom. The summed E-state index contributed by atoms with van der Waals surface area (Å²) >= 11 is 5.87. The normalized spacial score (nSPS) is 18.1. The highest BCUT2D eigenvalue weighted by Crippen LogP contribution is 2.31. The molecule has 2 heterocycles. The van der Waals surface area contributed by atoms with Crippen LogP contribution in [0.2, 0.25) is 5.02 Å². The van der Waals surface area contributed by atoms with E-state index in [2.05, 4.69) is 20.4 Å². The summed E-state index contributed by atoms with van der Waals surface area (Å²) in [5.74, 6) is -0.209. The summed E-state index contributed by atoms with van der Waals surface area (Å²) in [5.41, 5.74) is 2.70. The molecule has 2 aromatic rings. The highest BCUT2D eigenvalue weighted by molar-refractivity contribution is 6.30. The van der Waals surface area contributed by atoms with E-state index >= 15 is 0 Å². The average Bonchev–Trinajstić information content (AvgIpc) is 3.24. The number of ether oxygens (including phenoxy) is 1. The molecule has 0 bridgehead atoms. The Kier molecular flexibility index (Phi) is 7.34. The van der Waals surface area contributed by atoms with Crippen molar-refractivity contribution < 1.29 is 18.7 Å². The van der Waals surface area contributed by atoms with Gasteiger partial charge in [0.1, 0.15) is 17.5 Å². The van der Waals surface area contributed by atoms with Gasteiger partial charge in [-0.1, -0.05) is 22.8 Å². The van der Waals surface area contributed by atoms with Gasteiger partial charge in [-0.25, -0.2) is 8.78 Å². The van der Waals surface area contributed by atoms with Crippen molar-refractivity contribution in [2.24, 2.45) is 10.1 Å². The summed E-state index contributed by atoms with van der Waals surface area (Å²) in [6.45, 7) is 5.02. The van der Waals surface area contributed by atoms with Crippen LogP contribution in [0.15, 0.2) is 40.5 Å². The first-order valence-electron chi connectivity index (χ1n) is 10.6. The molecule has 2 aliphatic rings. The van der Waals surface area contributed by atoms with E-state index in [0.717, 1.165) is 39.3 Å². The molecule has 0 aromatic heterocycles. The van der Waals surface area contributed by atoms with Crippen LogP contribution in [0, 0.1) is 11.6 Å². The van der Waals surface area contributed by atoms with Crippen molar-refractivity contribution in [3.05, 3.63) is 63.7 Å². The van der Waals surface area contributed by atoms with Gasteiger partial charge < -0.3 is 15.3 Å². The summed E-state index contributed by atoms with van der Waals surface area (Å²) in [6, 6.07) is 7.27. The molecule has 4 rings (SSSR count). The number of morpholine rings is 1. The summed E-state index contributed by atoms with van der Waals surface area (Å²) in [4.78, 5) is 6.97. The predicted octanol–water partition coefficient (Wildman–Crippen LogP) is 4.13. The number of aliphatic imine (C=N–C) groups is 1. The molecule has 32 heavy (non-hydrogen) atoms. The van der Waals surface area contributed by atoms with Gasteiger partial charge in [-0.15, -0.1) is 0 Å².